The molecular formula is C20H26FN5O2. The molecule has 0 unspecified atom stereocenters. The molecule has 0 saturated carbocycles. The summed E-state index contributed by atoms with van der Waals surface area (Å²) in [6, 6.07) is 4.93. The van der Waals surface area contributed by atoms with Crippen LogP contribution < -0.4 is 4.90 Å². The second kappa shape index (κ2) is 9.57. The van der Waals surface area contributed by atoms with E-state index in [9.17, 15) is 9.50 Å². The molecule has 1 aromatic heterocycles. The summed E-state index contributed by atoms with van der Waals surface area (Å²) in [5.74, 6) is 0.185. The number of hydrogen-bond donors (Lipinski definition) is 1. The summed E-state index contributed by atoms with van der Waals surface area (Å²) in [5.41, 5.74) is 2.29. The van der Waals surface area contributed by atoms with Gasteiger partial charge in [-0.3, -0.25) is 0 Å². The van der Waals surface area contributed by atoms with Crippen LogP contribution in [-0.4, -0.2) is 66.0 Å². The quantitative estimate of drug-likeness (QED) is 0.581. The van der Waals surface area contributed by atoms with Gasteiger partial charge in [-0.25, -0.2) is 14.4 Å². The highest BCUT2D eigenvalue weighted by molar-refractivity contribution is 5.86. The molecular weight excluding hydrogens is 361 g/mol. The topological polar surface area (TPSA) is 74.1 Å². The molecule has 0 spiro atoms. The predicted molar refractivity (Wildman–Crippen MR) is 107 cm³/mol. The standard InChI is InChI=1S/C20H26FN5O2/c1-25(2)10-11-28-24-17-6-8-26(9-7-17)20-22-12-16(13-23-20)18-5-3-4-15(14-27)19(18)21/h3-5,12-13,27H,6-11,14H2,1-2H3. The van der Waals surface area contributed by atoms with E-state index < -0.39 is 5.82 Å². The summed E-state index contributed by atoms with van der Waals surface area (Å²) in [6.07, 6.45) is 4.85. The number of oxime groups is 1. The number of anilines is 1. The number of rotatable bonds is 7. The van der Waals surface area contributed by atoms with Gasteiger partial charge >= 0.3 is 0 Å². The highest BCUT2D eigenvalue weighted by Gasteiger charge is 2.18. The number of piperidine rings is 1. The van der Waals surface area contributed by atoms with Crippen molar-refractivity contribution >= 4 is 11.7 Å². The summed E-state index contributed by atoms with van der Waals surface area (Å²) < 4.78 is 14.4. The summed E-state index contributed by atoms with van der Waals surface area (Å²) in [7, 11) is 4.00. The van der Waals surface area contributed by atoms with Crippen molar-refractivity contribution in [1.29, 1.82) is 0 Å². The first-order valence-electron chi connectivity index (χ1n) is 9.36. The molecule has 150 valence electrons. The van der Waals surface area contributed by atoms with Gasteiger partial charge in [0.05, 0.1) is 12.3 Å². The molecule has 1 aliphatic heterocycles. The molecule has 3 rings (SSSR count). The Labute approximate surface area is 164 Å². The average molecular weight is 387 g/mol. The van der Waals surface area contributed by atoms with Gasteiger partial charge in [0.15, 0.2) is 0 Å². The van der Waals surface area contributed by atoms with Gasteiger partial charge in [0, 0.05) is 61.6 Å². The highest BCUT2D eigenvalue weighted by atomic mass is 19.1. The maximum absolute atomic E-state index is 14.4. The first kappa shape index (κ1) is 20.2. The van der Waals surface area contributed by atoms with Gasteiger partial charge in [-0.15, -0.1) is 0 Å². The van der Waals surface area contributed by atoms with Gasteiger partial charge in [0.1, 0.15) is 12.4 Å². The normalized spacial score (nSPS) is 14.5. The molecule has 7 nitrogen and oxygen atoms in total. The first-order valence-corrected chi connectivity index (χ1v) is 9.36. The molecule has 0 bridgehead atoms. The predicted octanol–water partition coefficient (Wildman–Crippen LogP) is 2.31. The van der Waals surface area contributed by atoms with Crippen LogP contribution in [0.5, 0.6) is 0 Å². The van der Waals surface area contributed by atoms with Crippen LogP contribution >= 0.6 is 0 Å². The highest BCUT2D eigenvalue weighted by Crippen LogP contribution is 2.25. The minimum atomic E-state index is -0.436. The van der Waals surface area contributed by atoms with Gasteiger partial charge in [0.2, 0.25) is 5.95 Å². The van der Waals surface area contributed by atoms with Crippen LogP contribution in [0.2, 0.25) is 0 Å². The third-order valence-electron chi connectivity index (χ3n) is 4.65. The molecule has 1 N–H and O–H groups in total. The monoisotopic (exact) mass is 387 g/mol. The lowest BCUT2D eigenvalue weighted by atomic mass is 10.1. The molecule has 1 aliphatic rings. The summed E-state index contributed by atoms with van der Waals surface area (Å²) in [5, 5.41) is 13.4. The Morgan fingerprint density at radius 1 is 1.21 bits per heavy atom. The van der Waals surface area contributed by atoms with E-state index in [1.165, 1.54) is 0 Å². The van der Waals surface area contributed by atoms with Crippen molar-refractivity contribution in [1.82, 2.24) is 14.9 Å². The number of nitrogens with zero attached hydrogens (tertiary/aromatic N) is 5. The molecule has 0 atom stereocenters. The fourth-order valence-corrected chi connectivity index (χ4v) is 2.96. The van der Waals surface area contributed by atoms with Gasteiger partial charge in [-0.2, -0.15) is 0 Å². The fourth-order valence-electron chi connectivity index (χ4n) is 2.96. The number of aliphatic hydroxyl groups excluding tert-OH is 1. The van der Waals surface area contributed by atoms with E-state index in [-0.39, 0.29) is 12.2 Å². The molecule has 0 radical (unpaired) electrons. The second-order valence-corrected chi connectivity index (χ2v) is 6.99. The Hall–Kier alpha value is -2.58. The Balaban J connectivity index is 1.59. The Morgan fingerprint density at radius 2 is 1.93 bits per heavy atom. The van der Waals surface area contributed by atoms with Crippen molar-refractivity contribution in [2.75, 3.05) is 45.2 Å². The Bertz CT molecular complexity index is 801. The molecule has 0 amide bonds. The van der Waals surface area contributed by atoms with Crippen molar-refractivity contribution in [2.45, 2.75) is 19.4 Å². The zero-order valence-electron chi connectivity index (χ0n) is 16.3. The third kappa shape index (κ3) is 5.02. The van der Waals surface area contributed by atoms with Crippen molar-refractivity contribution in [2.24, 2.45) is 5.16 Å². The van der Waals surface area contributed by atoms with Crippen LogP contribution in [0.4, 0.5) is 10.3 Å². The maximum Gasteiger partial charge on any atom is 0.225 e. The lowest BCUT2D eigenvalue weighted by molar-refractivity contribution is 0.124. The van der Waals surface area contributed by atoms with Crippen molar-refractivity contribution in [3.8, 4) is 11.1 Å². The molecule has 1 fully saturated rings. The third-order valence-corrected chi connectivity index (χ3v) is 4.65. The SMILES string of the molecule is CN(C)CCON=C1CCN(c2ncc(-c3cccc(CO)c3F)cn2)CC1. The zero-order chi connectivity index (χ0) is 19.9. The molecule has 1 aromatic carbocycles. The van der Waals surface area contributed by atoms with Crippen LogP contribution in [-0.2, 0) is 11.4 Å². The fraction of sp³-hybridized carbons (Fsp3) is 0.450. The van der Waals surface area contributed by atoms with Gasteiger partial charge in [0.25, 0.3) is 0 Å². The molecule has 2 aromatic rings. The number of likely N-dealkylation sites (N-methyl/N-ethyl adjacent to an activating group) is 1. The van der Waals surface area contributed by atoms with Crippen molar-refractivity contribution < 1.29 is 14.3 Å². The molecule has 28 heavy (non-hydrogen) atoms. The van der Waals surface area contributed by atoms with E-state index in [0.717, 1.165) is 38.2 Å². The minimum absolute atomic E-state index is 0.261. The lowest BCUT2D eigenvalue weighted by Crippen LogP contribution is -2.35. The summed E-state index contributed by atoms with van der Waals surface area (Å²) >= 11 is 0. The zero-order valence-corrected chi connectivity index (χ0v) is 16.3. The van der Waals surface area contributed by atoms with Crippen LogP contribution in [0.25, 0.3) is 11.1 Å². The first-order chi connectivity index (χ1) is 13.6. The van der Waals surface area contributed by atoms with Gasteiger partial charge in [-0.1, -0.05) is 23.4 Å². The Morgan fingerprint density at radius 3 is 2.57 bits per heavy atom. The number of hydrogen-bond acceptors (Lipinski definition) is 7. The second-order valence-electron chi connectivity index (χ2n) is 6.99. The van der Waals surface area contributed by atoms with E-state index in [2.05, 4.69) is 24.9 Å². The number of aromatic nitrogens is 2. The van der Waals surface area contributed by atoms with E-state index in [1.807, 2.05) is 14.1 Å². The minimum Gasteiger partial charge on any atom is -0.394 e. The largest absolute Gasteiger partial charge is 0.394 e. The van der Waals surface area contributed by atoms with E-state index >= 15 is 0 Å². The summed E-state index contributed by atoms with van der Waals surface area (Å²) in [4.78, 5) is 18.3. The van der Waals surface area contributed by atoms with Gasteiger partial charge in [-0.05, 0) is 14.1 Å². The molecule has 1 saturated heterocycles. The number of benzene rings is 1. The summed E-state index contributed by atoms with van der Waals surface area (Å²) in [6.45, 7) is 2.62. The van der Waals surface area contributed by atoms with Crippen molar-refractivity contribution in [3.05, 3.63) is 42.0 Å². The van der Waals surface area contributed by atoms with Gasteiger partial charge < -0.3 is 19.7 Å². The van der Waals surface area contributed by atoms with Crippen LogP contribution in [0, 0.1) is 5.82 Å². The van der Waals surface area contributed by atoms with E-state index in [4.69, 9.17) is 4.84 Å². The number of aliphatic hydroxyl groups is 1. The smallest absolute Gasteiger partial charge is 0.225 e. The van der Waals surface area contributed by atoms with Crippen LogP contribution in [0.1, 0.15) is 18.4 Å². The van der Waals surface area contributed by atoms with E-state index in [1.54, 1.807) is 30.6 Å². The van der Waals surface area contributed by atoms with Crippen LogP contribution in [0.15, 0.2) is 35.7 Å². The number of halogens is 1. The van der Waals surface area contributed by atoms with E-state index in [0.29, 0.717) is 23.7 Å². The van der Waals surface area contributed by atoms with Crippen molar-refractivity contribution in [3.63, 3.8) is 0 Å². The lowest BCUT2D eigenvalue weighted by Gasteiger charge is -2.27. The molecule has 0 aliphatic carbocycles. The average Bonchev–Trinajstić information content (AvgIpc) is 2.72. The molecule has 2 heterocycles. The van der Waals surface area contributed by atoms with Crippen LogP contribution in [0.3, 0.4) is 0 Å². The Kier molecular flexibility index (Phi) is 6.89. The molecule has 8 heteroatoms. The maximum atomic E-state index is 14.4.